The smallest absolute Gasteiger partial charge is 0.335 e. The minimum atomic E-state index is -0.965. The standard InChI is InChI=1S/C28H21NO5S2/c1-33-24-8-4-18(14-22(24)20-7-9-23-21(16-20)11-13-34-23)15-25-26(30)29(28(35)36-25)12-10-17-2-5-19(6-3-17)27(31)32/h2-9,11,13-16H,10,12H2,1H3,(H,31,32)/b25-15-. The van der Waals surface area contributed by atoms with E-state index in [1.54, 1.807) is 42.5 Å². The van der Waals surface area contributed by atoms with Gasteiger partial charge in [0.2, 0.25) is 0 Å². The largest absolute Gasteiger partial charge is 0.496 e. The first-order chi connectivity index (χ1) is 17.4. The van der Waals surface area contributed by atoms with Crippen LogP contribution < -0.4 is 4.74 Å². The summed E-state index contributed by atoms with van der Waals surface area (Å²) >= 11 is 6.76. The van der Waals surface area contributed by atoms with Gasteiger partial charge in [0.05, 0.1) is 23.8 Å². The van der Waals surface area contributed by atoms with Gasteiger partial charge in [0.25, 0.3) is 5.91 Å². The molecule has 1 fully saturated rings. The zero-order chi connectivity index (χ0) is 25.2. The molecule has 3 aromatic carbocycles. The number of ether oxygens (including phenoxy) is 1. The molecule has 0 aliphatic carbocycles. The molecule has 1 amide bonds. The Morgan fingerprint density at radius 3 is 2.67 bits per heavy atom. The van der Waals surface area contributed by atoms with Gasteiger partial charge in [0, 0.05) is 17.5 Å². The number of furan rings is 1. The molecule has 0 atom stereocenters. The van der Waals surface area contributed by atoms with Crippen molar-refractivity contribution >= 4 is 57.2 Å². The van der Waals surface area contributed by atoms with Crippen LogP contribution in [0.4, 0.5) is 0 Å². The highest BCUT2D eigenvalue weighted by Crippen LogP contribution is 2.36. The maximum atomic E-state index is 13.1. The molecule has 1 saturated heterocycles. The Morgan fingerprint density at radius 1 is 1.11 bits per heavy atom. The van der Waals surface area contributed by atoms with E-state index in [4.69, 9.17) is 26.5 Å². The summed E-state index contributed by atoms with van der Waals surface area (Å²) in [7, 11) is 1.63. The first-order valence-electron chi connectivity index (χ1n) is 11.2. The zero-order valence-corrected chi connectivity index (χ0v) is 20.9. The van der Waals surface area contributed by atoms with Crippen LogP contribution in [0.5, 0.6) is 5.75 Å². The number of aromatic carboxylic acids is 1. The molecule has 2 heterocycles. The van der Waals surface area contributed by atoms with Crippen molar-refractivity contribution in [3.63, 3.8) is 0 Å². The molecule has 0 bridgehead atoms. The van der Waals surface area contributed by atoms with E-state index in [2.05, 4.69) is 0 Å². The van der Waals surface area contributed by atoms with Gasteiger partial charge in [0.15, 0.2) is 0 Å². The first-order valence-corrected chi connectivity index (χ1v) is 12.4. The van der Waals surface area contributed by atoms with Crippen LogP contribution in [0, 0.1) is 0 Å². The molecule has 4 aromatic rings. The molecule has 6 nitrogen and oxygen atoms in total. The summed E-state index contributed by atoms with van der Waals surface area (Å²) in [5.41, 5.74) is 4.74. The molecule has 5 rings (SSSR count). The number of thiocarbonyl (C=S) groups is 1. The molecule has 180 valence electrons. The van der Waals surface area contributed by atoms with Crippen LogP contribution in [0.25, 0.3) is 28.2 Å². The Labute approximate surface area is 217 Å². The maximum absolute atomic E-state index is 13.1. The molecule has 0 spiro atoms. The topological polar surface area (TPSA) is 80.0 Å². The molecule has 36 heavy (non-hydrogen) atoms. The monoisotopic (exact) mass is 515 g/mol. The lowest BCUT2D eigenvalue weighted by Gasteiger charge is -2.14. The molecule has 1 aliphatic rings. The summed E-state index contributed by atoms with van der Waals surface area (Å²) in [6.07, 6.45) is 4.08. The number of hydrogen-bond acceptors (Lipinski definition) is 6. The number of carbonyl (C=O) groups excluding carboxylic acids is 1. The maximum Gasteiger partial charge on any atom is 0.335 e. The molecule has 1 N–H and O–H groups in total. The highest BCUT2D eigenvalue weighted by Gasteiger charge is 2.31. The van der Waals surface area contributed by atoms with Gasteiger partial charge in [-0.05, 0) is 71.7 Å². The van der Waals surface area contributed by atoms with Crippen LogP contribution in [0.15, 0.2) is 82.3 Å². The second-order valence-electron chi connectivity index (χ2n) is 8.22. The number of thioether (sulfide) groups is 1. The summed E-state index contributed by atoms with van der Waals surface area (Å²) in [4.78, 5) is 26.3. The molecule has 0 unspecified atom stereocenters. The van der Waals surface area contributed by atoms with Gasteiger partial charge < -0.3 is 14.3 Å². The van der Waals surface area contributed by atoms with E-state index < -0.39 is 5.97 Å². The van der Waals surface area contributed by atoms with E-state index in [1.807, 2.05) is 48.5 Å². The van der Waals surface area contributed by atoms with Crippen LogP contribution in [-0.2, 0) is 11.2 Å². The number of hydrogen-bond donors (Lipinski definition) is 1. The van der Waals surface area contributed by atoms with Crippen LogP contribution >= 0.6 is 24.0 Å². The van der Waals surface area contributed by atoms with Crippen molar-refractivity contribution < 1.29 is 23.8 Å². The van der Waals surface area contributed by atoms with E-state index in [0.717, 1.165) is 39.0 Å². The van der Waals surface area contributed by atoms with Crippen molar-refractivity contribution in [2.24, 2.45) is 0 Å². The molecular formula is C28H21NO5S2. The van der Waals surface area contributed by atoms with E-state index in [9.17, 15) is 9.59 Å². The molecule has 0 saturated carbocycles. The van der Waals surface area contributed by atoms with Gasteiger partial charge in [-0.2, -0.15) is 0 Å². The van der Waals surface area contributed by atoms with E-state index in [-0.39, 0.29) is 11.5 Å². The SMILES string of the molecule is COc1ccc(/C=C2\SC(=S)N(CCc3ccc(C(=O)O)cc3)C2=O)cc1-c1ccc2occc2c1. The number of benzene rings is 3. The van der Waals surface area contributed by atoms with Crippen LogP contribution in [0.1, 0.15) is 21.5 Å². The lowest BCUT2D eigenvalue weighted by atomic mass is 10.0. The van der Waals surface area contributed by atoms with Gasteiger partial charge >= 0.3 is 5.97 Å². The highest BCUT2D eigenvalue weighted by molar-refractivity contribution is 8.26. The van der Waals surface area contributed by atoms with E-state index in [0.29, 0.717) is 22.2 Å². The fourth-order valence-electron chi connectivity index (χ4n) is 4.07. The van der Waals surface area contributed by atoms with Crippen LogP contribution in [0.2, 0.25) is 0 Å². The summed E-state index contributed by atoms with van der Waals surface area (Å²) in [6, 6.07) is 20.3. The summed E-state index contributed by atoms with van der Waals surface area (Å²) in [5.74, 6) is -0.367. The third-order valence-electron chi connectivity index (χ3n) is 5.98. The zero-order valence-electron chi connectivity index (χ0n) is 19.3. The Kier molecular flexibility index (Phi) is 6.63. The van der Waals surface area contributed by atoms with Crippen molar-refractivity contribution in [2.45, 2.75) is 6.42 Å². The van der Waals surface area contributed by atoms with Crippen LogP contribution in [0.3, 0.4) is 0 Å². The van der Waals surface area contributed by atoms with Crippen molar-refractivity contribution in [2.75, 3.05) is 13.7 Å². The number of methoxy groups -OCH3 is 1. The molecule has 0 radical (unpaired) electrons. The normalized spacial score (nSPS) is 14.7. The predicted octanol–water partition coefficient (Wildman–Crippen LogP) is 6.25. The van der Waals surface area contributed by atoms with Gasteiger partial charge in [0.1, 0.15) is 15.7 Å². The van der Waals surface area contributed by atoms with Crippen molar-refractivity contribution in [3.05, 3.63) is 94.6 Å². The number of amides is 1. The second kappa shape index (κ2) is 10.0. The number of carbonyl (C=O) groups is 2. The quantitative estimate of drug-likeness (QED) is 0.230. The van der Waals surface area contributed by atoms with Gasteiger partial charge in [-0.25, -0.2) is 4.79 Å². The van der Waals surface area contributed by atoms with Gasteiger partial charge in [-0.1, -0.05) is 48.2 Å². The van der Waals surface area contributed by atoms with E-state index >= 15 is 0 Å². The average molecular weight is 516 g/mol. The van der Waals surface area contributed by atoms with Crippen molar-refractivity contribution in [1.29, 1.82) is 0 Å². The highest BCUT2D eigenvalue weighted by atomic mass is 32.2. The third kappa shape index (κ3) is 4.78. The Hall–Kier alpha value is -3.88. The number of carboxylic acids is 1. The number of nitrogens with zero attached hydrogens (tertiary/aromatic N) is 1. The van der Waals surface area contributed by atoms with Gasteiger partial charge in [-0.3, -0.25) is 9.69 Å². The lowest BCUT2D eigenvalue weighted by molar-refractivity contribution is -0.122. The predicted molar refractivity (Wildman–Crippen MR) is 145 cm³/mol. The second-order valence-corrected chi connectivity index (χ2v) is 9.89. The number of carboxylic acid groups (broad SMARTS) is 1. The Bertz CT molecular complexity index is 1520. The Morgan fingerprint density at radius 2 is 1.92 bits per heavy atom. The molecular weight excluding hydrogens is 494 g/mol. The van der Waals surface area contributed by atoms with Crippen molar-refractivity contribution in [3.8, 4) is 16.9 Å². The van der Waals surface area contributed by atoms with Gasteiger partial charge in [-0.15, -0.1) is 0 Å². The Balaban J connectivity index is 1.36. The van der Waals surface area contributed by atoms with E-state index in [1.165, 1.54) is 11.8 Å². The first kappa shape index (κ1) is 23.8. The molecule has 1 aliphatic heterocycles. The fourth-order valence-corrected chi connectivity index (χ4v) is 5.38. The number of rotatable bonds is 7. The fraction of sp³-hybridized carbons (Fsp3) is 0.107. The molecule has 1 aromatic heterocycles. The minimum absolute atomic E-state index is 0.135. The summed E-state index contributed by atoms with van der Waals surface area (Å²) in [5, 5.41) is 10.1. The van der Waals surface area contributed by atoms with Crippen molar-refractivity contribution in [1.82, 2.24) is 4.90 Å². The summed E-state index contributed by atoms with van der Waals surface area (Å²) < 4.78 is 11.5. The van der Waals surface area contributed by atoms with Crippen LogP contribution in [-0.4, -0.2) is 39.9 Å². The number of fused-ring (bicyclic) bond motifs is 1. The minimum Gasteiger partial charge on any atom is -0.496 e. The molecule has 8 heteroatoms. The third-order valence-corrected chi connectivity index (χ3v) is 7.36. The average Bonchev–Trinajstić information content (AvgIpc) is 3.46. The summed E-state index contributed by atoms with van der Waals surface area (Å²) in [6.45, 7) is 0.424. The lowest BCUT2D eigenvalue weighted by Crippen LogP contribution is -2.30.